The van der Waals surface area contributed by atoms with Crippen molar-refractivity contribution in [2.45, 2.75) is 64.1 Å². The zero-order valence-electron chi connectivity index (χ0n) is 21.0. The number of rotatable bonds is 7. The molecule has 1 saturated heterocycles. The lowest BCUT2D eigenvalue weighted by Crippen LogP contribution is -2.50. The first kappa shape index (κ1) is 23.8. The number of ether oxygens (including phenoxy) is 1. The number of carbonyl (C=O) groups excluding carboxylic acids is 1. The zero-order valence-corrected chi connectivity index (χ0v) is 21.0. The van der Waals surface area contributed by atoms with Gasteiger partial charge in [-0.3, -0.25) is 9.69 Å². The van der Waals surface area contributed by atoms with Gasteiger partial charge in [-0.25, -0.2) is 4.68 Å². The van der Waals surface area contributed by atoms with E-state index in [2.05, 4.69) is 71.6 Å². The van der Waals surface area contributed by atoms with Gasteiger partial charge in [-0.05, 0) is 80.2 Å². The first-order chi connectivity index (χ1) is 17.1. The number of aromatic nitrogens is 2. The lowest BCUT2D eigenvalue weighted by Gasteiger charge is -2.44. The normalized spacial score (nSPS) is 21.2. The van der Waals surface area contributed by atoms with E-state index < -0.39 is 0 Å². The largest absolute Gasteiger partial charge is 0.375 e. The Balaban J connectivity index is 1.34. The fraction of sp³-hybridized carbons (Fsp3) is 0.448. The smallest absolute Gasteiger partial charge is 0.220 e. The molecule has 3 aromatic rings. The minimum absolute atomic E-state index is 0.0300. The number of hydrogen-bond donors (Lipinski definition) is 1. The van der Waals surface area contributed by atoms with Crippen molar-refractivity contribution < 1.29 is 9.53 Å². The second kappa shape index (κ2) is 9.96. The molecule has 2 heterocycles. The van der Waals surface area contributed by atoms with Crippen LogP contribution < -0.4 is 5.32 Å². The molecule has 184 valence electrons. The number of nitrogens with zero attached hydrogens (tertiary/aromatic N) is 3. The average molecular weight is 473 g/mol. The predicted octanol–water partition coefficient (Wildman–Crippen LogP) is 4.70. The highest BCUT2D eigenvalue weighted by atomic mass is 16.5. The number of likely N-dealkylation sites (tertiary alicyclic amines) is 1. The molecule has 1 fully saturated rings. The van der Waals surface area contributed by atoms with Crippen molar-refractivity contribution in [3.05, 3.63) is 83.2 Å². The molecular weight excluding hydrogens is 436 g/mol. The van der Waals surface area contributed by atoms with Gasteiger partial charge in [0.25, 0.3) is 0 Å². The monoisotopic (exact) mass is 472 g/mol. The SMILES string of the molecule is CCO[C@H]1[C@H](NC(=O)CC)c2ccccc2C12CCN(Cc1ccc(-n3cccn3)cc1C)CC2. The standard InChI is InChI=1S/C29H36N4O2/c1-4-26(34)31-27-24-9-6-7-10-25(24)29(28(27)35-5-2)13-17-32(18-14-29)20-22-11-12-23(19-21(22)3)33-16-8-15-30-33/h6-12,15-16,19,27-28H,4-5,13-14,17-18,20H2,1-3H3,(H,31,34)/t27-,28+/m1/s1. The fourth-order valence-electron chi connectivity index (χ4n) is 6.05. The van der Waals surface area contributed by atoms with E-state index in [0.29, 0.717) is 13.0 Å². The number of carbonyl (C=O) groups is 1. The Morgan fingerprint density at radius 2 is 1.94 bits per heavy atom. The molecule has 6 nitrogen and oxygen atoms in total. The van der Waals surface area contributed by atoms with Gasteiger partial charge in [0.2, 0.25) is 5.91 Å². The van der Waals surface area contributed by atoms with Crippen LogP contribution in [-0.2, 0) is 21.5 Å². The maximum Gasteiger partial charge on any atom is 0.220 e. The Bertz CT molecular complexity index is 1170. The third-order valence-corrected chi connectivity index (χ3v) is 7.90. The van der Waals surface area contributed by atoms with Crippen LogP contribution in [0.2, 0.25) is 0 Å². The quantitative estimate of drug-likeness (QED) is 0.542. The molecule has 1 aliphatic heterocycles. The molecule has 0 unspecified atom stereocenters. The molecule has 2 aromatic carbocycles. The number of amides is 1. The van der Waals surface area contributed by atoms with E-state index in [9.17, 15) is 4.79 Å². The van der Waals surface area contributed by atoms with Crippen molar-refractivity contribution in [2.24, 2.45) is 0 Å². The van der Waals surface area contributed by atoms with E-state index in [-0.39, 0.29) is 23.5 Å². The van der Waals surface area contributed by atoms with Gasteiger partial charge >= 0.3 is 0 Å². The number of hydrogen-bond acceptors (Lipinski definition) is 4. The summed E-state index contributed by atoms with van der Waals surface area (Å²) >= 11 is 0. The number of benzene rings is 2. The summed E-state index contributed by atoms with van der Waals surface area (Å²) < 4.78 is 8.32. The molecule has 35 heavy (non-hydrogen) atoms. The Hall–Kier alpha value is -2.96. The molecule has 6 heteroatoms. The van der Waals surface area contributed by atoms with Crippen molar-refractivity contribution in [2.75, 3.05) is 19.7 Å². The number of piperidine rings is 1. The summed E-state index contributed by atoms with van der Waals surface area (Å²) in [5.41, 5.74) is 6.27. The van der Waals surface area contributed by atoms with E-state index in [1.807, 2.05) is 30.1 Å². The van der Waals surface area contributed by atoms with Crippen molar-refractivity contribution in [3.63, 3.8) is 0 Å². The lowest BCUT2D eigenvalue weighted by molar-refractivity contribution is -0.123. The van der Waals surface area contributed by atoms with Crippen molar-refractivity contribution in [1.29, 1.82) is 0 Å². The number of fused-ring (bicyclic) bond motifs is 2. The Morgan fingerprint density at radius 1 is 1.14 bits per heavy atom. The third-order valence-electron chi connectivity index (χ3n) is 7.90. The van der Waals surface area contributed by atoms with Crippen LogP contribution in [0.3, 0.4) is 0 Å². The maximum absolute atomic E-state index is 12.4. The highest BCUT2D eigenvalue weighted by Crippen LogP contribution is 2.52. The summed E-state index contributed by atoms with van der Waals surface area (Å²) in [6.07, 6.45) is 6.29. The van der Waals surface area contributed by atoms with Gasteiger partial charge in [-0.15, -0.1) is 0 Å². The summed E-state index contributed by atoms with van der Waals surface area (Å²) in [7, 11) is 0. The lowest BCUT2D eigenvalue weighted by atomic mass is 9.71. The number of aryl methyl sites for hydroxylation is 1. The van der Waals surface area contributed by atoms with Crippen LogP contribution in [0, 0.1) is 6.92 Å². The van der Waals surface area contributed by atoms with Gasteiger partial charge in [-0.2, -0.15) is 5.10 Å². The summed E-state index contributed by atoms with van der Waals surface area (Å²) in [6, 6.07) is 17.1. The molecule has 2 atom stereocenters. The first-order valence-corrected chi connectivity index (χ1v) is 12.9. The Kier molecular flexibility index (Phi) is 6.76. The summed E-state index contributed by atoms with van der Waals surface area (Å²) in [4.78, 5) is 15.0. The van der Waals surface area contributed by atoms with Crippen LogP contribution in [0.15, 0.2) is 60.9 Å². The molecule has 2 aliphatic rings. The van der Waals surface area contributed by atoms with Crippen molar-refractivity contribution >= 4 is 5.91 Å². The summed E-state index contributed by atoms with van der Waals surface area (Å²) in [5, 5.41) is 7.63. The average Bonchev–Trinajstić information content (AvgIpc) is 3.50. The fourth-order valence-corrected chi connectivity index (χ4v) is 6.05. The number of nitrogens with one attached hydrogen (secondary N) is 1. The molecule has 0 radical (unpaired) electrons. The molecule has 1 aromatic heterocycles. The van der Waals surface area contributed by atoms with E-state index >= 15 is 0 Å². The molecule has 1 spiro atoms. The van der Waals surface area contributed by atoms with Crippen LogP contribution >= 0.6 is 0 Å². The Labute approximate surface area is 208 Å². The molecule has 1 amide bonds. The van der Waals surface area contributed by atoms with E-state index in [1.165, 1.54) is 22.3 Å². The van der Waals surface area contributed by atoms with Crippen LogP contribution in [0.5, 0.6) is 0 Å². The highest BCUT2D eigenvalue weighted by molar-refractivity contribution is 5.76. The molecule has 0 bridgehead atoms. The second-order valence-corrected chi connectivity index (χ2v) is 9.86. The van der Waals surface area contributed by atoms with Gasteiger partial charge in [0, 0.05) is 37.4 Å². The third kappa shape index (κ3) is 4.41. The van der Waals surface area contributed by atoms with Gasteiger partial charge in [0.15, 0.2) is 0 Å². The Morgan fingerprint density at radius 3 is 2.63 bits per heavy atom. The van der Waals surface area contributed by atoms with E-state index in [0.717, 1.165) is 38.2 Å². The highest BCUT2D eigenvalue weighted by Gasteiger charge is 2.54. The first-order valence-electron chi connectivity index (χ1n) is 12.9. The topological polar surface area (TPSA) is 59.4 Å². The van der Waals surface area contributed by atoms with Gasteiger partial charge in [-0.1, -0.05) is 37.3 Å². The minimum Gasteiger partial charge on any atom is -0.375 e. The van der Waals surface area contributed by atoms with E-state index in [1.54, 1.807) is 0 Å². The maximum atomic E-state index is 12.4. The van der Waals surface area contributed by atoms with Crippen LogP contribution in [0.1, 0.15) is 61.4 Å². The molecule has 1 aliphatic carbocycles. The van der Waals surface area contributed by atoms with Crippen molar-refractivity contribution in [1.82, 2.24) is 20.0 Å². The van der Waals surface area contributed by atoms with Crippen LogP contribution in [0.25, 0.3) is 5.69 Å². The van der Waals surface area contributed by atoms with Crippen LogP contribution in [0.4, 0.5) is 0 Å². The van der Waals surface area contributed by atoms with Crippen LogP contribution in [-0.4, -0.2) is 46.4 Å². The summed E-state index contributed by atoms with van der Waals surface area (Å²) in [6.45, 7) is 9.75. The summed E-state index contributed by atoms with van der Waals surface area (Å²) in [5.74, 6) is 0.0815. The molecule has 0 saturated carbocycles. The van der Waals surface area contributed by atoms with Gasteiger partial charge in [0.1, 0.15) is 0 Å². The zero-order chi connectivity index (χ0) is 24.4. The van der Waals surface area contributed by atoms with Crippen molar-refractivity contribution in [3.8, 4) is 5.69 Å². The van der Waals surface area contributed by atoms with Gasteiger partial charge < -0.3 is 10.1 Å². The minimum atomic E-state index is -0.0813. The molecule has 1 N–H and O–H groups in total. The molecular formula is C29H36N4O2. The second-order valence-electron chi connectivity index (χ2n) is 9.86. The van der Waals surface area contributed by atoms with Gasteiger partial charge in [0.05, 0.1) is 17.8 Å². The molecule has 5 rings (SSSR count). The predicted molar refractivity (Wildman–Crippen MR) is 138 cm³/mol. The van der Waals surface area contributed by atoms with E-state index in [4.69, 9.17) is 4.74 Å².